The molecule has 5 heteroatoms. The summed E-state index contributed by atoms with van der Waals surface area (Å²) in [7, 11) is 0. The van der Waals surface area contributed by atoms with Crippen molar-refractivity contribution < 1.29 is 9.90 Å². The van der Waals surface area contributed by atoms with Crippen LogP contribution in [0.2, 0.25) is 5.02 Å². The van der Waals surface area contributed by atoms with Gasteiger partial charge in [0.1, 0.15) is 5.56 Å². The molecule has 0 saturated carbocycles. The number of nitrogens with zero attached hydrogens (tertiary/aromatic N) is 1. The van der Waals surface area contributed by atoms with E-state index in [1.807, 2.05) is 6.07 Å². The average Bonchev–Trinajstić information content (AvgIpc) is 2.85. The van der Waals surface area contributed by atoms with Crippen LogP contribution in [0.25, 0.3) is 0 Å². The molecule has 2 aromatic rings. The lowest BCUT2D eigenvalue weighted by Crippen LogP contribution is -2.30. The molecule has 3 rings (SSSR count). The maximum Gasteiger partial charge on any atom is 0.339 e. The van der Waals surface area contributed by atoms with Crippen molar-refractivity contribution in [3.8, 4) is 0 Å². The molecule has 1 aromatic heterocycles. The molecule has 0 saturated heterocycles. The molecule has 1 aliphatic rings. The van der Waals surface area contributed by atoms with Crippen LogP contribution >= 0.6 is 22.9 Å². The van der Waals surface area contributed by atoms with Gasteiger partial charge in [-0.3, -0.25) is 0 Å². The Labute approximate surface area is 120 Å². The Kier molecular flexibility index (Phi) is 3.21. The predicted octanol–water partition coefficient (Wildman–Crippen LogP) is 3.66. The minimum absolute atomic E-state index is 0.197. The van der Waals surface area contributed by atoms with E-state index in [2.05, 4.69) is 16.3 Å². The minimum Gasteiger partial charge on any atom is -0.478 e. The Morgan fingerprint density at radius 1 is 1.37 bits per heavy atom. The first-order valence-electron chi connectivity index (χ1n) is 5.99. The van der Waals surface area contributed by atoms with E-state index >= 15 is 0 Å². The zero-order valence-corrected chi connectivity index (χ0v) is 11.7. The van der Waals surface area contributed by atoms with Crippen LogP contribution in [0, 0.1) is 0 Å². The zero-order valence-electron chi connectivity index (χ0n) is 10.1. The molecule has 2 heterocycles. The van der Waals surface area contributed by atoms with Gasteiger partial charge in [-0.2, -0.15) is 0 Å². The zero-order chi connectivity index (χ0) is 13.4. The summed E-state index contributed by atoms with van der Waals surface area (Å²) in [6, 6.07) is 7.35. The molecule has 0 aliphatic carbocycles. The van der Waals surface area contributed by atoms with Crippen LogP contribution in [0.15, 0.2) is 29.6 Å². The van der Waals surface area contributed by atoms with Gasteiger partial charge in [0.05, 0.1) is 10.7 Å². The molecule has 0 spiro atoms. The van der Waals surface area contributed by atoms with Crippen LogP contribution in [-0.2, 0) is 13.0 Å². The van der Waals surface area contributed by atoms with Gasteiger partial charge in [-0.05, 0) is 35.6 Å². The number of hydrogen-bond acceptors (Lipinski definition) is 3. The van der Waals surface area contributed by atoms with Gasteiger partial charge in [0.25, 0.3) is 0 Å². The third-order valence-electron chi connectivity index (χ3n) is 3.35. The highest BCUT2D eigenvalue weighted by molar-refractivity contribution is 7.10. The van der Waals surface area contributed by atoms with E-state index in [1.165, 1.54) is 10.4 Å². The Hall–Kier alpha value is -1.52. The number of anilines is 1. The molecule has 0 amide bonds. The second kappa shape index (κ2) is 4.87. The molecule has 0 bridgehead atoms. The number of benzene rings is 1. The number of rotatable bonds is 2. The van der Waals surface area contributed by atoms with E-state index in [-0.39, 0.29) is 5.56 Å². The van der Waals surface area contributed by atoms with Crippen molar-refractivity contribution in [1.29, 1.82) is 0 Å². The third-order valence-corrected chi connectivity index (χ3v) is 4.69. The van der Waals surface area contributed by atoms with E-state index < -0.39 is 5.97 Å². The highest BCUT2D eigenvalue weighted by atomic mass is 35.5. The fraction of sp³-hybridized carbons (Fsp3) is 0.214. The third kappa shape index (κ3) is 2.22. The highest BCUT2D eigenvalue weighted by Crippen LogP contribution is 2.32. The fourth-order valence-corrected chi connectivity index (χ4v) is 3.58. The molecule has 1 aliphatic heterocycles. The van der Waals surface area contributed by atoms with E-state index in [1.54, 1.807) is 23.5 Å². The molecule has 1 N–H and O–H groups in total. The SMILES string of the molecule is O=C(O)c1c(Cl)cccc1N1CCc2sccc2C1. The highest BCUT2D eigenvalue weighted by Gasteiger charge is 2.23. The minimum atomic E-state index is -0.975. The standard InChI is InChI=1S/C14H12ClNO2S/c15-10-2-1-3-11(13(10)14(17)18)16-6-4-12-9(8-16)5-7-19-12/h1-3,5,7H,4,6,8H2,(H,17,18). The summed E-state index contributed by atoms with van der Waals surface area (Å²) in [6.45, 7) is 1.58. The first-order chi connectivity index (χ1) is 9.16. The molecular formula is C14H12ClNO2S. The Morgan fingerprint density at radius 2 is 2.21 bits per heavy atom. The number of carbonyl (C=O) groups is 1. The molecule has 98 valence electrons. The number of hydrogen-bond donors (Lipinski definition) is 1. The molecule has 0 unspecified atom stereocenters. The van der Waals surface area contributed by atoms with Crippen LogP contribution in [0.3, 0.4) is 0 Å². The average molecular weight is 294 g/mol. The molecular weight excluding hydrogens is 282 g/mol. The van der Waals surface area contributed by atoms with Crippen molar-refractivity contribution in [2.24, 2.45) is 0 Å². The van der Waals surface area contributed by atoms with Crippen molar-refractivity contribution in [2.45, 2.75) is 13.0 Å². The van der Waals surface area contributed by atoms with Gasteiger partial charge < -0.3 is 10.0 Å². The molecule has 0 atom stereocenters. The number of fused-ring (bicyclic) bond motifs is 1. The largest absolute Gasteiger partial charge is 0.478 e. The lowest BCUT2D eigenvalue weighted by atomic mass is 10.1. The molecule has 0 radical (unpaired) electrons. The Bertz CT molecular complexity index is 638. The maximum absolute atomic E-state index is 11.4. The molecule has 3 nitrogen and oxygen atoms in total. The van der Waals surface area contributed by atoms with Gasteiger partial charge in [-0.25, -0.2) is 4.79 Å². The topological polar surface area (TPSA) is 40.5 Å². The maximum atomic E-state index is 11.4. The fourth-order valence-electron chi connectivity index (χ4n) is 2.44. The van der Waals surface area contributed by atoms with Gasteiger partial charge in [-0.15, -0.1) is 11.3 Å². The van der Waals surface area contributed by atoms with Crippen molar-refractivity contribution in [2.75, 3.05) is 11.4 Å². The van der Waals surface area contributed by atoms with Crippen molar-refractivity contribution in [3.05, 3.63) is 50.7 Å². The van der Waals surface area contributed by atoms with Gasteiger partial charge in [-0.1, -0.05) is 17.7 Å². The number of carboxylic acid groups (broad SMARTS) is 1. The summed E-state index contributed by atoms with van der Waals surface area (Å²) in [4.78, 5) is 14.9. The van der Waals surface area contributed by atoms with Gasteiger partial charge in [0, 0.05) is 18.0 Å². The number of carboxylic acids is 1. The summed E-state index contributed by atoms with van der Waals surface area (Å²) in [5.74, 6) is -0.975. The molecule has 0 fully saturated rings. The predicted molar refractivity (Wildman–Crippen MR) is 77.5 cm³/mol. The number of aromatic carboxylic acids is 1. The van der Waals surface area contributed by atoms with Crippen molar-refractivity contribution in [1.82, 2.24) is 0 Å². The van der Waals surface area contributed by atoms with E-state index in [9.17, 15) is 9.90 Å². The normalized spacial score (nSPS) is 14.3. The lowest BCUT2D eigenvalue weighted by Gasteiger charge is -2.30. The first kappa shape index (κ1) is 12.5. The van der Waals surface area contributed by atoms with Crippen LogP contribution in [0.1, 0.15) is 20.8 Å². The smallest absolute Gasteiger partial charge is 0.339 e. The van der Waals surface area contributed by atoms with Gasteiger partial charge in [0.2, 0.25) is 0 Å². The quantitative estimate of drug-likeness (QED) is 0.918. The monoisotopic (exact) mass is 293 g/mol. The van der Waals surface area contributed by atoms with Crippen molar-refractivity contribution >= 4 is 34.6 Å². The summed E-state index contributed by atoms with van der Waals surface area (Å²) in [5.41, 5.74) is 2.19. The van der Waals surface area contributed by atoms with Crippen LogP contribution < -0.4 is 4.90 Å². The second-order valence-electron chi connectivity index (χ2n) is 4.48. The second-order valence-corrected chi connectivity index (χ2v) is 5.89. The van der Waals surface area contributed by atoms with Gasteiger partial charge in [0.15, 0.2) is 0 Å². The van der Waals surface area contributed by atoms with E-state index in [0.717, 1.165) is 19.5 Å². The number of thiophene rings is 1. The summed E-state index contributed by atoms with van der Waals surface area (Å²) in [5, 5.41) is 11.7. The number of halogens is 1. The van der Waals surface area contributed by atoms with Crippen LogP contribution in [-0.4, -0.2) is 17.6 Å². The van der Waals surface area contributed by atoms with Crippen molar-refractivity contribution in [3.63, 3.8) is 0 Å². The first-order valence-corrected chi connectivity index (χ1v) is 7.24. The van der Waals surface area contributed by atoms with Crippen LogP contribution in [0.5, 0.6) is 0 Å². The lowest BCUT2D eigenvalue weighted by molar-refractivity contribution is 0.0697. The summed E-state index contributed by atoms with van der Waals surface area (Å²) in [6.07, 6.45) is 0.957. The molecule has 19 heavy (non-hydrogen) atoms. The summed E-state index contributed by atoms with van der Waals surface area (Å²) >= 11 is 7.78. The molecule has 1 aromatic carbocycles. The van der Waals surface area contributed by atoms with E-state index in [0.29, 0.717) is 10.7 Å². The summed E-state index contributed by atoms with van der Waals surface area (Å²) < 4.78 is 0. The van der Waals surface area contributed by atoms with Crippen LogP contribution in [0.4, 0.5) is 5.69 Å². The van der Waals surface area contributed by atoms with Gasteiger partial charge >= 0.3 is 5.97 Å². The Balaban J connectivity index is 2.00. The Morgan fingerprint density at radius 3 is 3.00 bits per heavy atom. The van der Waals surface area contributed by atoms with E-state index in [4.69, 9.17) is 11.6 Å².